The number of hydrogen-bond acceptors (Lipinski definition) is 2. The van der Waals surface area contributed by atoms with Crippen LogP contribution in [-0.2, 0) is 4.74 Å². The molecule has 0 saturated heterocycles. The van der Waals surface area contributed by atoms with Crippen LogP contribution in [0, 0.1) is 0 Å². The van der Waals surface area contributed by atoms with Crippen LogP contribution >= 0.6 is 0 Å². The van der Waals surface area contributed by atoms with Crippen molar-refractivity contribution < 1.29 is 9.84 Å². The monoisotopic (exact) mass is 194 g/mol. The first-order valence-electron chi connectivity index (χ1n) is 5.57. The molecule has 2 heteroatoms. The van der Waals surface area contributed by atoms with Crippen LogP contribution in [0.5, 0.6) is 0 Å². The van der Waals surface area contributed by atoms with Gasteiger partial charge in [-0.3, -0.25) is 0 Å². The summed E-state index contributed by atoms with van der Waals surface area (Å²) in [5.74, 6) is -0.0353. The van der Waals surface area contributed by atoms with E-state index in [0.717, 1.165) is 37.9 Å². The summed E-state index contributed by atoms with van der Waals surface area (Å²) in [6, 6.07) is 0. The van der Waals surface area contributed by atoms with E-state index >= 15 is 0 Å². The van der Waals surface area contributed by atoms with Crippen LogP contribution < -0.4 is 0 Å². The third-order valence-corrected chi connectivity index (χ3v) is 2.84. The SMILES string of the molecule is OC1(OC2=CCCCC2)C=CCCC1. The molecule has 14 heavy (non-hydrogen) atoms. The van der Waals surface area contributed by atoms with Crippen LogP contribution in [0.25, 0.3) is 0 Å². The maximum absolute atomic E-state index is 10.1. The number of rotatable bonds is 2. The zero-order chi connectivity index (χ0) is 9.86. The molecule has 0 saturated carbocycles. The lowest BCUT2D eigenvalue weighted by Crippen LogP contribution is -2.31. The van der Waals surface area contributed by atoms with Crippen LogP contribution in [0.1, 0.15) is 44.9 Å². The summed E-state index contributed by atoms with van der Waals surface area (Å²) in [7, 11) is 0. The van der Waals surface area contributed by atoms with Crippen LogP contribution in [0.3, 0.4) is 0 Å². The molecule has 0 aromatic rings. The van der Waals surface area contributed by atoms with E-state index in [0.29, 0.717) is 0 Å². The Morgan fingerprint density at radius 2 is 2.14 bits per heavy atom. The first-order valence-corrected chi connectivity index (χ1v) is 5.57. The maximum atomic E-state index is 10.1. The van der Waals surface area contributed by atoms with Crippen LogP contribution in [0.2, 0.25) is 0 Å². The van der Waals surface area contributed by atoms with Gasteiger partial charge in [0, 0.05) is 12.8 Å². The molecular formula is C12H18O2. The fraction of sp³-hybridized carbons (Fsp3) is 0.667. The highest BCUT2D eigenvalue weighted by molar-refractivity contribution is 5.05. The Morgan fingerprint density at radius 3 is 2.79 bits per heavy atom. The minimum absolute atomic E-state index is 0.723. The predicted octanol–water partition coefficient (Wildman–Crippen LogP) is 2.89. The van der Waals surface area contributed by atoms with Gasteiger partial charge in [-0.05, 0) is 44.3 Å². The molecule has 0 aromatic heterocycles. The van der Waals surface area contributed by atoms with E-state index in [9.17, 15) is 5.11 Å². The molecule has 2 aliphatic carbocycles. The van der Waals surface area contributed by atoms with Gasteiger partial charge in [-0.25, -0.2) is 0 Å². The maximum Gasteiger partial charge on any atom is 0.227 e. The molecule has 0 spiro atoms. The zero-order valence-electron chi connectivity index (χ0n) is 8.54. The van der Waals surface area contributed by atoms with Gasteiger partial charge < -0.3 is 9.84 Å². The average molecular weight is 194 g/mol. The molecule has 2 nitrogen and oxygen atoms in total. The molecule has 0 bridgehead atoms. The Bertz CT molecular complexity index is 255. The van der Waals surface area contributed by atoms with Gasteiger partial charge in [0.05, 0.1) is 5.76 Å². The van der Waals surface area contributed by atoms with E-state index in [2.05, 4.69) is 6.08 Å². The summed E-state index contributed by atoms with van der Waals surface area (Å²) in [6.45, 7) is 0. The molecule has 78 valence electrons. The third kappa shape index (κ3) is 2.38. The van der Waals surface area contributed by atoms with Crippen molar-refractivity contribution in [3.05, 3.63) is 24.0 Å². The van der Waals surface area contributed by atoms with Crippen molar-refractivity contribution in [3.63, 3.8) is 0 Å². The van der Waals surface area contributed by atoms with Crippen molar-refractivity contribution in [2.24, 2.45) is 0 Å². The number of allylic oxidation sites excluding steroid dienone is 3. The molecule has 1 atom stereocenters. The lowest BCUT2D eigenvalue weighted by Gasteiger charge is -2.30. The lowest BCUT2D eigenvalue weighted by atomic mass is 10.0. The van der Waals surface area contributed by atoms with Crippen molar-refractivity contribution in [2.45, 2.75) is 50.7 Å². The normalized spacial score (nSPS) is 32.5. The van der Waals surface area contributed by atoms with E-state index in [4.69, 9.17) is 4.74 Å². The molecule has 0 aliphatic heterocycles. The van der Waals surface area contributed by atoms with E-state index in [1.54, 1.807) is 6.08 Å². The smallest absolute Gasteiger partial charge is 0.227 e. The molecule has 2 aliphatic rings. The summed E-state index contributed by atoms with van der Waals surface area (Å²) in [6.07, 6.45) is 13.2. The molecule has 0 fully saturated rings. The van der Waals surface area contributed by atoms with Crippen molar-refractivity contribution >= 4 is 0 Å². The van der Waals surface area contributed by atoms with Gasteiger partial charge in [0.25, 0.3) is 0 Å². The lowest BCUT2D eigenvalue weighted by molar-refractivity contribution is -0.148. The van der Waals surface area contributed by atoms with Crippen LogP contribution in [0.4, 0.5) is 0 Å². The minimum Gasteiger partial charge on any atom is -0.464 e. The second kappa shape index (κ2) is 4.18. The van der Waals surface area contributed by atoms with Gasteiger partial charge in [0.15, 0.2) is 0 Å². The minimum atomic E-state index is -1.01. The van der Waals surface area contributed by atoms with Crippen molar-refractivity contribution in [1.82, 2.24) is 0 Å². The van der Waals surface area contributed by atoms with Gasteiger partial charge in [-0.1, -0.05) is 6.08 Å². The Kier molecular flexibility index (Phi) is 2.92. The highest BCUT2D eigenvalue weighted by atomic mass is 16.6. The number of aliphatic hydroxyl groups is 1. The van der Waals surface area contributed by atoms with E-state index in [1.165, 1.54) is 12.8 Å². The Hall–Kier alpha value is -0.760. The van der Waals surface area contributed by atoms with Gasteiger partial charge >= 0.3 is 0 Å². The second-order valence-corrected chi connectivity index (χ2v) is 4.16. The third-order valence-electron chi connectivity index (χ3n) is 2.84. The highest BCUT2D eigenvalue weighted by Crippen LogP contribution is 2.29. The Balaban J connectivity index is 1.97. The first-order chi connectivity index (χ1) is 6.79. The quantitative estimate of drug-likeness (QED) is 0.541. The average Bonchev–Trinajstić information content (AvgIpc) is 2.19. The summed E-state index contributed by atoms with van der Waals surface area (Å²) >= 11 is 0. The standard InChI is InChI=1S/C12H18O2/c13-12(9-5-2-6-10-12)14-11-7-3-1-4-8-11/h5,7,9,13H,1-4,6,8,10H2. The van der Waals surface area contributed by atoms with Crippen molar-refractivity contribution in [2.75, 3.05) is 0 Å². The Morgan fingerprint density at radius 1 is 1.21 bits per heavy atom. The summed E-state index contributed by atoms with van der Waals surface area (Å²) < 4.78 is 5.65. The predicted molar refractivity (Wildman–Crippen MR) is 55.6 cm³/mol. The second-order valence-electron chi connectivity index (χ2n) is 4.16. The highest BCUT2D eigenvalue weighted by Gasteiger charge is 2.28. The summed E-state index contributed by atoms with van der Waals surface area (Å²) in [4.78, 5) is 0. The van der Waals surface area contributed by atoms with Gasteiger partial charge in [0.1, 0.15) is 0 Å². The molecule has 1 N–H and O–H groups in total. The summed E-state index contributed by atoms with van der Waals surface area (Å²) in [5, 5.41) is 10.1. The Labute approximate surface area is 85.3 Å². The first kappa shape index (κ1) is 9.78. The van der Waals surface area contributed by atoms with Gasteiger partial charge in [-0.15, -0.1) is 0 Å². The van der Waals surface area contributed by atoms with Gasteiger partial charge in [-0.2, -0.15) is 0 Å². The topological polar surface area (TPSA) is 29.5 Å². The number of ether oxygens (including phenoxy) is 1. The summed E-state index contributed by atoms with van der Waals surface area (Å²) in [5.41, 5.74) is 0. The fourth-order valence-corrected chi connectivity index (χ4v) is 2.04. The number of hydrogen-bond donors (Lipinski definition) is 1. The van der Waals surface area contributed by atoms with Crippen LogP contribution in [0.15, 0.2) is 24.0 Å². The zero-order valence-corrected chi connectivity index (χ0v) is 8.54. The van der Waals surface area contributed by atoms with Gasteiger partial charge in [0.2, 0.25) is 5.79 Å². The molecular weight excluding hydrogens is 176 g/mol. The van der Waals surface area contributed by atoms with Crippen molar-refractivity contribution in [3.8, 4) is 0 Å². The molecule has 0 amide bonds. The largest absolute Gasteiger partial charge is 0.464 e. The molecule has 0 heterocycles. The van der Waals surface area contributed by atoms with E-state index < -0.39 is 5.79 Å². The van der Waals surface area contributed by atoms with Crippen molar-refractivity contribution in [1.29, 1.82) is 0 Å². The molecule has 2 rings (SSSR count). The van der Waals surface area contributed by atoms with E-state index in [1.807, 2.05) is 6.08 Å². The molecule has 0 aromatic carbocycles. The van der Waals surface area contributed by atoms with Crippen LogP contribution in [-0.4, -0.2) is 10.9 Å². The van der Waals surface area contributed by atoms with E-state index in [-0.39, 0.29) is 0 Å². The molecule has 0 radical (unpaired) electrons. The fourth-order valence-electron chi connectivity index (χ4n) is 2.04. The molecule has 1 unspecified atom stereocenters.